The van der Waals surface area contributed by atoms with Crippen molar-refractivity contribution >= 4 is 22.5 Å². The maximum atomic E-state index is 11.1. The van der Waals surface area contributed by atoms with E-state index in [1.165, 1.54) is 10.8 Å². The summed E-state index contributed by atoms with van der Waals surface area (Å²) in [5.41, 5.74) is -0.288. The van der Waals surface area contributed by atoms with E-state index in [1.54, 1.807) is 18.0 Å². The van der Waals surface area contributed by atoms with Crippen LogP contribution < -0.4 is 10.4 Å². The number of aromatic nitrogens is 2. The van der Waals surface area contributed by atoms with Gasteiger partial charge in [-0.25, -0.2) is 9.78 Å². The molecular formula is C19H20N2O2S. The van der Waals surface area contributed by atoms with E-state index in [0.717, 1.165) is 42.4 Å². The molecule has 4 nitrogen and oxygen atoms in total. The quantitative estimate of drug-likeness (QED) is 0.378. The SMILES string of the molecule is O=c1nccc(SCCCCCOc2ccc3ccccc3c2)[nH]1. The number of nitrogens with one attached hydrogen (secondary N) is 1. The van der Waals surface area contributed by atoms with Crippen molar-refractivity contribution in [1.82, 2.24) is 9.97 Å². The van der Waals surface area contributed by atoms with E-state index in [9.17, 15) is 4.79 Å². The van der Waals surface area contributed by atoms with Crippen LogP contribution in [0.3, 0.4) is 0 Å². The highest BCUT2D eigenvalue weighted by atomic mass is 32.2. The summed E-state index contributed by atoms with van der Waals surface area (Å²) in [4.78, 5) is 17.4. The third-order valence-electron chi connectivity index (χ3n) is 3.68. The molecule has 0 aliphatic carbocycles. The van der Waals surface area contributed by atoms with Crippen LogP contribution in [-0.2, 0) is 0 Å². The van der Waals surface area contributed by atoms with E-state index in [-0.39, 0.29) is 5.69 Å². The molecule has 1 heterocycles. The van der Waals surface area contributed by atoms with Crippen LogP contribution in [-0.4, -0.2) is 22.3 Å². The van der Waals surface area contributed by atoms with Crippen LogP contribution in [0.15, 0.2) is 64.5 Å². The van der Waals surface area contributed by atoms with Gasteiger partial charge in [0, 0.05) is 6.20 Å². The van der Waals surface area contributed by atoms with Gasteiger partial charge in [0.05, 0.1) is 11.6 Å². The number of ether oxygens (including phenoxy) is 1. The molecule has 0 amide bonds. The number of nitrogens with zero attached hydrogens (tertiary/aromatic N) is 1. The summed E-state index contributed by atoms with van der Waals surface area (Å²) in [5, 5.41) is 3.32. The molecule has 3 aromatic rings. The molecule has 0 unspecified atom stereocenters. The molecule has 0 bridgehead atoms. The van der Waals surface area contributed by atoms with E-state index in [4.69, 9.17) is 4.74 Å². The summed E-state index contributed by atoms with van der Waals surface area (Å²) in [6, 6.07) is 16.3. The summed E-state index contributed by atoms with van der Waals surface area (Å²) in [6.07, 6.45) is 4.77. The Hall–Kier alpha value is -2.27. The zero-order chi connectivity index (χ0) is 16.6. The molecule has 0 aliphatic heterocycles. The van der Waals surface area contributed by atoms with Crippen LogP contribution in [0, 0.1) is 0 Å². The first-order chi connectivity index (χ1) is 11.8. The van der Waals surface area contributed by atoms with E-state index in [2.05, 4.69) is 34.2 Å². The third-order valence-corrected chi connectivity index (χ3v) is 4.73. The molecule has 0 spiro atoms. The Morgan fingerprint density at radius 1 is 1.00 bits per heavy atom. The van der Waals surface area contributed by atoms with Crippen molar-refractivity contribution in [3.8, 4) is 5.75 Å². The fourth-order valence-corrected chi connectivity index (χ4v) is 3.33. The first-order valence-electron chi connectivity index (χ1n) is 8.11. The molecule has 0 saturated heterocycles. The lowest BCUT2D eigenvalue weighted by Gasteiger charge is -2.07. The van der Waals surface area contributed by atoms with Crippen molar-refractivity contribution < 1.29 is 4.74 Å². The molecule has 1 N–H and O–H groups in total. The molecule has 24 heavy (non-hydrogen) atoms. The lowest BCUT2D eigenvalue weighted by Crippen LogP contribution is -2.08. The summed E-state index contributed by atoms with van der Waals surface area (Å²) in [5.74, 6) is 1.91. The topological polar surface area (TPSA) is 55.0 Å². The highest BCUT2D eigenvalue weighted by molar-refractivity contribution is 7.99. The van der Waals surface area contributed by atoms with E-state index < -0.39 is 0 Å². The van der Waals surface area contributed by atoms with Gasteiger partial charge in [-0.05, 0) is 54.0 Å². The molecule has 0 radical (unpaired) electrons. The summed E-state index contributed by atoms with van der Waals surface area (Å²) < 4.78 is 5.83. The fraction of sp³-hybridized carbons (Fsp3) is 0.263. The molecule has 0 saturated carbocycles. The summed E-state index contributed by atoms with van der Waals surface area (Å²) >= 11 is 1.65. The number of unbranched alkanes of at least 4 members (excludes halogenated alkanes) is 2. The Bertz CT molecular complexity index is 848. The molecular weight excluding hydrogens is 320 g/mol. The summed E-state index contributed by atoms with van der Waals surface area (Å²) in [7, 11) is 0. The number of rotatable bonds is 8. The molecule has 2 aromatic carbocycles. The van der Waals surface area contributed by atoms with E-state index >= 15 is 0 Å². The number of H-pyrrole nitrogens is 1. The van der Waals surface area contributed by atoms with E-state index in [1.807, 2.05) is 24.3 Å². The van der Waals surface area contributed by atoms with Crippen molar-refractivity contribution in [1.29, 1.82) is 0 Å². The zero-order valence-electron chi connectivity index (χ0n) is 13.4. The Balaban J connectivity index is 1.34. The second kappa shape index (κ2) is 8.55. The van der Waals surface area contributed by atoms with Crippen LogP contribution in [0.2, 0.25) is 0 Å². The molecule has 0 aliphatic rings. The predicted molar refractivity (Wildman–Crippen MR) is 98.9 cm³/mol. The van der Waals surface area contributed by atoms with Gasteiger partial charge in [0.25, 0.3) is 0 Å². The molecule has 0 fully saturated rings. The summed E-state index contributed by atoms with van der Waals surface area (Å²) in [6.45, 7) is 0.731. The lowest BCUT2D eigenvalue weighted by atomic mass is 10.1. The monoisotopic (exact) mass is 340 g/mol. The normalized spacial score (nSPS) is 10.8. The van der Waals surface area contributed by atoms with Crippen molar-refractivity contribution in [2.75, 3.05) is 12.4 Å². The molecule has 5 heteroatoms. The van der Waals surface area contributed by atoms with Gasteiger partial charge >= 0.3 is 5.69 Å². The third kappa shape index (κ3) is 4.86. The minimum absolute atomic E-state index is 0.288. The Morgan fingerprint density at radius 3 is 2.75 bits per heavy atom. The smallest absolute Gasteiger partial charge is 0.345 e. The fourth-order valence-electron chi connectivity index (χ4n) is 2.45. The molecule has 1 aromatic heterocycles. The van der Waals surface area contributed by atoms with Crippen LogP contribution in [0.25, 0.3) is 10.8 Å². The predicted octanol–water partition coefficient (Wildman–Crippen LogP) is 4.26. The van der Waals surface area contributed by atoms with Crippen molar-refractivity contribution in [3.63, 3.8) is 0 Å². The molecule has 0 atom stereocenters. The number of hydrogen-bond acceptors (Lipinski definition) is 4. The number of thioether (sulfide) groups is 1. The number of aromatic amines is 1. The zero-order valence-corrected chi connectivity index (χ0v) is 14.2. The first-order valence-corrected chi connectivity index (χ1v) is 9.09. The maximum absolute atomic E-state index is 11.1. The second-order valence-electron chi connectivity index (χ2n) is 5.51. The lowest BCUT2D eigenvalue weighted by molar-refractivity contribution is 0.307. The Labute approximate surface area is 145 Å². The van der Waals surface area contributed by atoms with Crippen LogP contribution in [0.1, 0.15) is 19.3 Å². The average Bonchev–Trinajstić information content (AvgIpc) is 2.61. The minimum atomic E-state index is -0.288. The number of hydrogen-bond donors (Lipinski definition) is 1. The Morgan fingerprint density at radius 2 is 1.88 bits per heavy atom. The van der Waals surface area contributed by atoms with Gasteiger partial charge in [0.1, 0.15) is 5.75 Å². The number of benzene rings is 2. The van der Waals surface area contributed by atoms with Gasteiger partial charge in [-0.3, -0.25) is 0 Å². The largest absolute Gasteiger partial charge is 0.494 e. The highest BCUT2D eigenvalue weighted by Gasteiger charge is 1.98. The first kappa shape index (κ1) is 16.6. The van der Waals surface area contributed by atoms with Gasteiger partial charge in [-0.1, -0.05) is 30.3 Å². The van der Waals surface area contributed by atoms with Gasteiger partial charge in [0.15, 0.2) is 0 Å². The second-order valence-corrected chi connectivity index (χ2v) is 6.64. The standard InChI is InChI=1S/C19H20N2O2S/c22-19-20-11-10-18(21-19)24-13-5-1-4-12-23-17-9-8-15-6-2-3-7-16(15)14-17/h2-3,6-11,14H,1,4-5,12-13H2,(H,20,21,22). The Kier molecular flexibility index (Phi) is 5.90. The maximum Gasteiger partial charge on any atom is 0.345 e. The van der Waals surface area contributed by atoms with Crippen molar-refractivity contribution in [3.05, 3.63) is 65.2 Å². The minimum Gasteiger partial charge on any atom is -0.494 e. The molecule has 124 valence electrons. The van der Waals surface area contributed by atoms with Gasteiger partial charge in [-0.15, -0.1) is 11.8 Å². The van der Waals surface area contributed by atoms with Gasteiger partial charge < -0.3 is 9.72 Å². The van der Waals surface area contributed by atoms with Crippen molar-refractivity contribution in [2.45, 2.75) is 24.3 Å². The molecule has 3 rings (SSSR count). The van der Waals surface area contributed by atoms with Crippen LogP contribution in [0.5, 0.6) is 5.75 Å². The van der Waals surface area contributed by atoms with Crippen LogP contribution in [0.4, 0.5) is 0 Å². The van der Waals surface area contributed by atoms with Crippen LogP contribution >= 0.6 is 11.8 Å². The van der Waals surface area contributed by atoms with E-state index in [0.29, 0.717) is 0 Å². The van der Waals surface area contributed by atoms with Gasteiger partial charge in [0.2, 0.25) is 0 Å². The highest BCUT2D eigenvalue weighted by Crippen LogP contribution is 2.21. The van der Waals surface area contributed by atoms with Gasteiger partial charge in [-0.2, -0.15) is 0 Å². The average molecular weight is 340 g/mol. The van der Waals surface area contributed by atoms with Crippen molar-refractivity contribution in [2.24, 2.45) is 0 Å². The number of fused-ring (bicyclic) bond motifs is 1.